The van der Waals surface area contributed by atoms with Crippen LogP contribution in [0.3, 0.4) is 0 Å². The fourth-order valence-corrected chi connectivity index (χ4v) is 3.59. The normalized spacial score (nSPS) is 21.0. The minimum Gasteiger partial charge on any atom is -0.466 e. The maximum Gasteiger partial charge on any atom is 0.307 e. The maximum absolute atomic E-state index is 12.8. The summed E-state index contributed by atoms with van der Waals surface area (Å²) in [6.45, 7) is 3.15. The highest BCUT2D eigenvalue weighted by Crippen LogP contribution is 2.35. The van der Waals surface area contributed by atoms with Crippen LogP contribution in [0.5, 0.6) is 5.75 Å². The molecule has 0 bridgehead atoms. The van der Waals surface area contributed by atoms with E-state index >= 15 is 0 Å². The van der Waals surface area contributed by atoms with Crippen LogP contribution in [-0.2, 0) is 14.3 Å². The SMILES string of the molecule is CCOC(=O)CCN1CCC2C=C(Oc3cccc(NC)c3N)C=CC2C1=O. The largest absolute Gasteiger partial charge is 0.466 e. The van der Waals surface area contributed by atoms with E-state index in [0.29, 0.717) is 36.9 Å². The molecule has 1 heterocycles. The number of nitrogens with one attached hydrogen (secondary N) is 1. The maximum atomic E-state index is 12.8. The molecule has 150 valence electrons. The first-order chi connectivity index (χ1) is 13.5. The lowest BCUT2D eigenvalue weighted by Gasteiger charge is -2.37. The molecule has 1 saturated heterocycles. The number of carbonyl (C=O) groups excluding carboxylic acids is 2. The van der Waals surface area contributed by atoms with Crippen molar-refractivity contribution in [3.05, 3.63) is 42.2 Å². The van der Waals surface area contributed by atoms with Gasteiger partial charge in [0.15, 0.2) is 5.75 Å². The lowest BCUT2D eigenvalue weighted by Crippen LogP contribution is -2.46. The van der Waals surface area contributed by atoms with Crippen LogP contribution < -0.4 is 15.8 Å². The fourth-order valence-electron chi connectivity index (χ4n) is 3.59. The Morgan fingerprint density at radius 3 is 2.96 bits per heavy atom. The van der Waals surface area contributed by atoms with Gasteiger partial charge in [-0.2, -0.15) is 0 Å². The van der Waals surface area contributed by atoms with E-state index in [0.717, 1.165) is 12.1 Å². The number of amides is 1. The van der Waals surface area contributed by atoms with Crippen LogP contribution in [0.15, 0.2) is 42.2 Å². The van der Waals surface area contributed by atoms with Crippen LogP contribution in [0.2, 0.25) is 0 Å². The first-order valence-electron chi connectivity index (χ1n) is 9.62. The van der Waals surface area contributed by atoms with Crippen molar-refractivity contribution in [2.45, 2.75) is 19.8 Å². The molecular formula is C21H27N3O4. The number of nitrogens with two attached hydrogens (primary N) is 1. The predicted octanol–water partition coefficient (Wildman–Crippen LogP) is 2.56. The molecule has 28 heavy (non-hydrogen) atoms. The van der Waals surface area contributed by atoms with Crippen LogP contribution in [0.1, 0.15) is 19.8 Å². The Morgan fingerprint density at radius 1 is 1.39 bits per heavy atom. The highest BCUT2D eigenvalue weighted by Gasteiger charge is 2.35. The molecule has 2 unspecified atom stereocenters. The zero-order valence-electron chi connectivity index (χ0n) is 16.3. The van der Waals surface area contributed by atoms with E-state index < -0.39 is 0 Å². The van der Waals surface area contributed by atoms with Gasteiger partial charge in [-0.3, -0.25) is 9.59 Å². The highest BCUT2D eigenvalue weighted by atomic mass is 16.5. The van der Waals surface area contributed by atoms with Crippen molar-refractivity contribution in [2.24, 2.45) is 11.8 Å². The van der Waals surface area contributed by atoms with Crippen molar-refractivity contribution in [3.8, 4) is 5.75 Å². The lowest BCUT2D eigenvalue weighted by atomic mass is 9.81. The highest BCUT2D eigenvalue weighted by molar-refractivity contribution is 5.83. The van der Waals surface area contributed by atoms with Crippen molar-refractivity contribution in [2.75, 3.05) is 37.8 Å². The third-order valence-corrected chi connectivity index (χ3v) is 5.09. The average molecular weight is 385 g/mol. The number of carbonyl (C=O) groups is 2. The molecule has 1 amide bonds. The summed E-state index contributed by atoms with van der Waals surface area (Å²) in [7, 11) is 1.81. The summed E-state index contributed by atoms with van der Waals surface area (Å²) in [6.07, 6.45) is 6.75. The van der Waals surface area contributed by atoms with Crippen molar-refractivity contribution in [3.63, 3.8) is 0 Å². The van der Waals surface area contributed by atoms with Crippen molar-refractivity contribution >= 4 is 23.3 Å². The molecule has 0 aromatic heterocycles. The molecule has 1 aliphatic carbocycles. The first kappa shape index (κ1) is 19.8. The number of anilines is 2. The van der Waals surface area contributed by atoms with Gasteiger partial charge in [-0.15, -0.1) is 0 Å². The third-order valence-electron chi connectivity index (χ3n) is 5.09. The van der Waals surface area contributed by atoms with Gasteiger partial charge >= 0.3 is 5.97 Å². The summed E-state index contributed by atoms with van der Waals surface area (Å²) in [5, 5.41) is 3.03. The zero-order chi connectivity index (χ0) is 20.1. The van der Waals surface area contributed by atoms with E-state index in [1.54, 1.807) is 18.9 Å². The Labute approximate surface area is 165 Å². The minimum atomic E-state index is -0.270. The second-order valence-electron chi connectivity index (χ2n) is 6.86. The number of piperidine rings is 1. The van der Waals surface area contributed by atoms with Gasteiger partial charge < -0.3 is 25.4 Å². The van der Waals surface area contributed by atoms with E-state index in [9.17, 15) is 9.59 Å². The van der Waals surface area contributed by atoms with E-state index in [1.165, 1.54) is 0 Å². The monoisotopic (exact) mass is 385 g/mol. The summed E-state index contributed by atoms with van der Waals surface area (Å²) in [5.74, 6) is 0.912. The minimum absolute atomic E-state index is 0.0452. The van der Waals surface area contributed by atoms with E-state index in [1.807, 2.05) is 36.4 Å². The van der Waals surface area contributed by atoms with Gasteiger partial charge in [0, 0.05) is 20.1 Å². The van der Waals surface area contributed by atoms with Gasteiger partial charge in [0.05, 0.1) is 30.3 Å². The summed E-state index contributed by atoms with van der Waals surface area (Å²) >= 11 is 0. The molecule has 3 rings (SSSR count). The van der Waals surface area contributed by atoms with Gasteiger partial charge in [-0.1, -0.05) is 12.1 Å². The molecule has 1 fully saturated rings. The molecule has 7 heteroatoms. The number of allylic oxidation sites excluding steroid dienone is 2. The molecule has 1 aromatic carbocycles. The predicted molar refractivity (Wildman–Crippen MR) is 108 cm³/mol. The number of likely N-dealkylation sites (tertiary alicyclic amines) is 1. The molecule has 3 N–H and O–H groups in total. The number of fused-ring (bicyclic) bond motifs is 1. The molecule has 0 spiro atoms. The molecule has 0 saturated carbocycles. The molecule has 0 radical (unpaired) electrons. The molecule has 1 aromatic rings. The van der Waals surface area contributed by atoms with Crippen LogP contribution >= 0.6 is 0 Å². The van der Waals surface area contributed by atoms with Gasteiger partial charge in [0.25, 0.3) is 0 Å². The summed E-state index contributed by atoms with van der Waals surface area (Å²) in [4.78, 5) is 26.1. The molecular weight excluding hydrogens is 358 g/mol. The van der Waals surface area contributed by atoms with Crippen molar-refractivity contribution in [1.82, 2.24) is 4.90 Å². The van der Waals surface area contributed by atoms with Crippen LogP contribution in [-0.4, -0.2) is 43.5 Å². The lowest BCUT2D eigenvalue weighted by molar-refractivity contribution is -0.145. The first-order valence-corrected chi connectivity index (χ1v) is 9.62. The quantitative estimate of drug-likeness (QED) is 0.553. The Kier molecular flexibility index (Phi) is 6.23. The Balaban J connectivity index is 1.63. The van der Waals surface area contributed by atoms with Gasteiger partial charge in [0.2, 0.25) is 5.91 Å². The number of ether oxygens (including phenoxy) is 2. The number of nitrogens with zero attached hydrogens (tertiary/aromatic N) is 1. The molecule has 2 aliphatic rings. The molecule has 1 aliphatic heterocycles. The summed E-state index contributed by atoms with van der Waals surface area (Å²) in [5.41, 5.74) is 7.48. The van der Waals surface area contributed by atoms with Crippen molar-refractivity contribution in [1.29, 1.82) is 0 Å². The number of para-hydroxylation sites is 1. The average Bonchev–Trinajstić information content (AvgIpc) is 2.69. The Morgan fingerprint density at radius 2 is 2.21 bits per heavy atom. The van der Waals surface area contributed by atoms with Gasteiger partial charge in [-0.05, 0) is 43.5 Å². The number of esters is 1. The number of nitrogen functional groups attached to an aromatic ring is 1. The van der Waals surface area contributed by atoms with E-state index in [2.05, 4.69) is 5.32 Å². The topological polar surface area (TPSA) is 93.9 Å². The van der Waals surface area contributed by atoms with Crippen molar-refractivity contribution < 1.29 is 19.1 Å². The second kappa shape index (κ2) is 8.82. The number of rotatable bonds is 7. The standard InChI is InChI=1S/C21H27N3O4/c1-3-27-19(25)10-12-24-11-9-14-13-15(7-8-16(14)21(24)26)28-18-6-4-5-17(23-2)20(18)22/h4-8,13-14,16,23H,3,9-12,22H2,1-2H3. The third kappa shape index (κ3) is 4.30. The van der Waals surface area contributed by atoms with E-state index in [4.69, 9.17) is 15.2 Å². The fraction of sp³-hybridized carbons (Fsp3) is 0.429. The van der Waals surface area contributed by atoms with Gasteiger partial charge in [0.1, 0.15) is 5.76 Å². The molecule has 2 atom stereocenters. The van der Waals surface area contributed by atoms with Gasteiger partial charge in [-0.25, -0.2) is 0 Å². The second-order valence-corrected chi connectivity index (χ2v) is 6.86. The number of hydrogen-bond acceptors (Lipinski definition) is 6. The Bertz CT molecular complexity index is 803. The Hall–Kier alpha value is -2.96. The molecule has 7 nitrogen and oxygen atoms in total. The van der Waals surface area contributed by atoms with E-state index in [-0.39, 0.29) is 30.1 Å². The smallest absolute Gasteiger partial charge is 0.307 e. The van der Waals surface area contributed by atoms with Crippen LogP contribution in [0, 0.1) is 11.8 Å². The summed E-state index contributed by atoms with van der Waals surface area (Å²) < 4.78 is 10.9. The van der Waals surface area contributed by atoms with Crippen LogP contribution in [0.25, 0.3) is 0 Å². The number of benzene rings is 1. The van der Waals surface area contributed by atoms with Crippen LogP contribution in [0.4, 0.5) is 11.4 Å². The number of hydrogen-bond donors (Lipinski definition) is 2. The summed E-state index contributed by atoms with van der Waals surface area (Å²) in [6, 6.07) is 5.58. The zero-order valence-corrected chi connectivity index (χ0v) is 16.3.